The number of ether oxygens (including phenoxy) is 2. The summed E-state index contributed by atoms with van der Waals surface area (Å²) in [6, 6.07) is 7.80. The zero-order chi connectivity index (χ0) is 11.4. The molecule has 1 fully saturated rings. The number of nitrogens with zero attached hydrogens (tertiary/aromatic N) is 1. The molecule has 0 amide bonds. The molecule has 1 atom stereocenters. The largest absolute Gasteiger partial charge is 0.376 e. The molecule has 0 spiro atoms. The Morgan fingerprint density at radius 1 is 1.31 bits per heavy atom. The Hall–Kier alpha value is -0.770. The smallest absolute Gasteiger partial charge is 0.0983 e. The minimum Gasteiger partial charge on any atom is -0.376 e. The monoisotopic (exact) mass is 241 g/mol. The lowest BCUT2D eigenvalue weighted by Gasteiger charge is -2.28. The van der Waals surface area contributed by atoms with Gasteiger partial charge >= 0.3 is 0 Å². The third kappa shape index (κ3) is 3.11. The molecule has 2 rings (SSSR count). The minimum atomic E-state index is 0.162. The Bertz CT molecular complexity index is 322. The summed E-state index contributed by atoms with van der Waals surface area (Å²) in [4.78, 5) is 2.15. The Morgan fingerprint density at radius 3 is 2.69 bits per heavy atom. The van der Waals surface area contributed by atoms with Gasteiger partial charge in [0.05, 0.1) is 25.9 Å². The lowest BCUT2D eigenvalue weighted by atomic mass is 10.2. The number of rotatable bonds is 3. The molecular formula is C12H16ClNO2. The summed E-state index contributed by atoms with van der Waals surface area (Å²) in [5, 5.41) is 0.759. The van der Waals surface area contributed by atoms with E-state index in [-0.39, 0.29) is 6.10 Å². The highest BCUT2D eigenvalue weighted by Gasteiger charge is 2.16. The van der Waals surface area contributed by atoms with Crippen molar-refractivity contribution >= 4 is 17.3 Å². The highest BCUT2D eigenvalue weighted by Crippen LogP contribution is 2.17. The molecule has 1 aromatic rings. The molecule has 1 aromatic carbocycles. The van der Waals surface area contributed by atoms with Crippen molar-refractivity contribution < 1.29 is 9.47 Å². The highest BCUT2D eigenvalue weighted by molar-refractivity contribution is 6.30. The van der Waals surface area contributed by atoms with Crippen LogP contribution in [0.15, 0.2) is 24.3 Å². The number of likely N-dealkylation sites (N-methyl/N-ethyl adjacent to an activating group) is 1. The van der Waals surface area contributed by atoms with E-state index in [0.29, 0.717) is 19.8 Å². The molecule has 0 aliphatic carbocycles. The molecule has 0 saturated carbocycles. The van der Waals surface area contributed by atoms with Gasteiger partial charge in [-0.2, -0.15) is 0 Å². The van der Waals surface area contributed by atoms with E-state index >= 15 is 0 Å². The maximum atomic E-state index is 5.85. The summed E-state index contributed by atoms with van der Waals surface area (Å²) in [5.74, 6) is 0. The van der Waals surface area contributed by atoms with Gasteiger partial charge in [0.25, 0.3) is 0 Å². The first-order valence-electron chi connectivity index (χ1n) is 5.42. The van der Waals surface area contributed by atoms with Gasteiger partial charge in [-0.15, -0.1) is 0 Å². The maximum absolute atomic E-state index is 5.85. The quantitative estimate of drug-likeness (QED) is 0.810. The van der Waals surface area contributed by atoms with Gasteiger partial charge < -0.3 is 14.4 Å². The Labute approximate surface area is 101 Å². The first-order chi connectivity index (χ1) is 7.75. The summed E-state index contributed by atoms with van der Waals surface area (Å²) in [6.45, 7) is 2.92. The van der Waals surface area contributed by atoms with Crippen LogP contribution >= 0.6 is 11.6 Å². The molecule has 16 heavy (non-hydrogen) atoms. The lowest BCUT2D eigenvalue weighted by Crippen LogP contribution is -2.38. The molecule has 0 bridgehead atoms. The normalized spacial score (nSPS) is 20.8. The van der Waals surface area contributed by atoms with Crippen molar-refractivity contribution in [3.05, 3.63) is 29.3 Å². The minimum absolute atomic E-state index is 0.162. The second-order valence-electron chi connectivity index (χ2n) is 3.92. The van der Waals surface area contributed by atoms with E-state index in [2.05, 4.69) is 4.90 Å². The summed E-state index contributed by atoms with van der Waals surface area (Å²) in [6.07, 6.45) is 0.162. The zero-order valence-electron chi connectivity index (χ0n) is 9.36. The van der Waals surface area contributed by atoms with Gasteiger partial charge in [0.15, 0.2) is 0 Å². The third-order valence-electron chi connectivity index (χ3n) is 2.63. The second-order valence-corrected chi connectivity index (χ2v) is 4.36. The van der Waals surface area contributed by atoms with Crippen LogP contribution in [0.1, 0.15) is 0 Å². The fourth-order valence-electron chi connectivity index (χ4n) is 1.75. The summed E-state index contributed by atoms with van der Waals surface area (Å²) >= 11 is 5.85. The van der Waals surface area contributed by atoms with Crippen molar-refractivity contribution in [1.82, 2.24) is 0 Å². The molecule has 0 N–H and O–H groups in total. The molecule has 0 radical (unpaired) electrons. The van der Waals surface area contributed by atoms with Crippen molar-refractivity contribution in [3.8, 4) is 0 Å². The van der Waals surface area contributed by atoms with E-state index in [4.69, 9.17) is 21.1 Å². The van der Waals surface area contributed by atoms with Crippen molar-refractivity contribution in [2.24, 2.45) is 0 Å². The van der Waals surface area contributed by atoms with Crippen LogP contribution in [-0.2, 0) is 9.47 Å². The predicted octanol–water partition coefficient (Wildman–Crippen LogP) is 2.19. The van der Waals surface area contributed by atoms with Gasteiger partial charge in [0, 0.05) is 24.3 Å². The first-order valence-corrected chi connectivity index (χ1v) is 5.79. The predicted molar refractivity (Wildman–Crippen MR) is 65.3 cm³/mol. The maximum Gasteiger partial charge on any atom is 0.0983 e. The van der Waals surface area contributed by atoms with Gasteiger partial charge in [-0.1, -0.05) is 11.6 Å². The van der Waals surface area contributed by atoms with Crippen molar-refractivity contribution in [3.63, 3.8) is 0 Å². The Balaban J connectivity index is 1.91. The van der Waals surface area contributed by atoms with Gasteiger partial charge in [-0.25, -0.2) is 0 Å². The van der Waals surface area contributed by atoms with Crippen LogP contribution in [0.3, 0.4) is 0 Å². The van der Waals surface area contributed by atoms with Crippen LogP contribution in [0.4, 0.5) is 5.69 Å². The van der Waals surface area contributed by atoms with Crippen molar-refractivity contribution in [1.29, 1.82) is 0 Å². The topological polar surface area (TPSA) is 21.7 Å². The average molecular weight is 242 g/mol. The van der Waals surface area contributed by atoms with E-state index in [1.807, 2.05) is 31.3 Å². The first kappa shape index (κ1) is 11.7. The number of halogens is 1. The Kier molecular flexibility index (Phi) is 4.04. The summed E-state index contributed by atoms with van der Waals surface area (Å²) in [7, 11) is 2.04. The van der Waals surface area contributed by atoms with Crippen LogP contribution in [0.5, 0.6) is 0 Å². The zero-order valence-corrected chi connectivity index (χ0v) is 10.1. The number of anilines is 1. The molecular weight excluding hydrogens is 226 g/mol. The summed E-state index contributed by atoms with van der Waals surface area (Å²) < 4.78 is 11.0. The lowest BCUT2D eigenvalue weighted by molar-refractivity contribution is -0.0837. The van der Waals surface area contributed by atoms with Crippen molar-refractivity contribution in [2.45, 2.75) is 6.10 Å². The molecule has 4 heteroatoms. The second kappa shape index (κ2) is 5.53. The number of benzene rings is 1. The van der Waals surface area contributed by atoms with Gasteiger partial charge in [-0.3, -0.25) is 0 Å². The highest BCUT2D eigenvalue weighted by atomic mass is 35.5. The Morgan fingerprint density at radius 2 is 2.06 bits per heavy atom. The van der Waals surface area contributed by atoms with Crippen LogP contribution in [0.2, 0.25) is 5.02 Å². The molecule has 88 valence electrons. The van der Waals surface area contributed by atoms with Crippen LogP contribution in [-0.4, -0.2) is 39.5 Å². The van der Waals surface area contributed by atoms with Gasteiger partial charge in [0.2, 0.25) is 0 Å². The van der Waals surface area contributed by atoms with E-state index in [9.17, 15) is 0 Å². The van der Waals surface area contributed by atoms with Crippen LogP contribution < -0.4 is 4.90 Å². The SMILES string of the molecule is CN(C[C@H]1COCCO1)c1ccc(Cl)cc1. The number of hydrogen-bond donors (Lipinski definition) is 0. The molecule has 3 nitrogen and oxygen atoms in total. The number of hydrogen-bond acceptors (Lipinski definition) is 3. The standard InChI is InChI=1S/C12H16ClNO2/c1-14(8-12-9-15-6-7-16-12)11-4-2-10(13)3-5-11/h2-5,12H,6-9H2,1H3/t12-/m0/s1. The van der Waals surface area contributed by atoms with Crippen molar-refractivity contribution in [2.75, 3.05) is 38.3 Å². The molecule has 1 heterocycles. The molecule has 0 aromatic heterocycles. The molecule has 0 unspecified atom stereocenters. The van der Waals surface area contributed by atoms with E-state index in [1.165, 1.54) is 0 Å². The van der Waals surface area contributed by atoms with Crippen LogP contribution in [0.25, 0.3) is 0 Å². The van der Waals surface area contributed by atoms with E-state index < -0.39 is 0 Å². The average Bonchev–Trinajstić information content (AvgIpc) is 2.31. The fraction of sp³-hybridized carbons (Fsp3) is 0.500. The van der Waals surface area contributed by atoms with Crippen LogP contribution in [0, 0.1) is 0 Å². The van der Waals surface area contributed by atoms with E-state index in [1.54, 1.807) is 0 Å². The fourth-order valence-corrected chi connectivity index (χ4v) is 1.87. The molecule has 1 aliphatic rings. The van der Waals surface area contributed by atoms with Gasteiger partial charge in [0.1, 0.15) is 0 Å². The summed E-state index contributed by atoms with van der Waals surface area (Å²) in [5.41, 5.74) is 1.14. The third-order valence-corrected chi connectivity index (χ3v) is 2.88. The van der Waals surface area contributed by atoms with E-state index in [0.717, 1.165) is 17.3 Å². The molecule has 1 saturated heterocycles. The molecule has 1 aliphatic heterocycles. The van der Waals surface area contributed by atoms with Gasteiger partial charge in [-0.05, 0) is 24.3 Å².